The van der Waals surface area contributed by atoms with Crippen LogP contribution in [0.4, 0.5) is 5.69 Å². The number of primary amides is 1. The maximum Gasteiger partial charge on any atom is 0.240 e. The zero-order valence-electron chi connectivity index (χ0n) is 11.1. The quantitative estimate of drug-likeness (QED) is 0.782. The number of nitrogens with zero attached hydrogens (tertiary/aromatic N) is 1. The van der Waals surface area contributed by atoms with Crippen molar-refractivity contribution in [2.45, 2.75) is 32.7 Å². The van der Waals surface area contributed by atoms with Crippen LogP contribution in [0.25, 0.3) is 0 Å². The number of rotatable bonds is 6. The van der Waals surface area contributed by atoms with E-state index in [4.69, 9.17) is 5.73 Å². The Balaban J connectivity index is 3.01. The van der Waals surface area contributed by atoms with Crippen molar-refractivity contribution in [3.63, 3.8) is 0 Å². The Morgan fingerprint density at radius 3 is 2.61 bits per heavy atom. The van der Waals surface area contributed by atoms with Gasteiger partial charge in [-0.05, 0) is 37.1 Å². The first-order valence-corrected chi connectivity index (χ1v) is 6.09. The van der Waals surface area contributed by atoms with Crippen molar-refractivity contribution < 1.29 is 9.59 Å². The Bertz CT molecular complexity index is 443. The predicted molar refractivity (Wildman–Crippen MR) is 72.9 cm³/mol. The van der Waals surface area contributed by atoms with E-state index in [-0.39, 0.29) is 11.9 Å². The third-order valence-electron chi connectivity index (χ3n) is 3.15. The summed E-state index contributed by atoms with van der Waals surface area (Å²) in [6, 6.07) is 5.19. The summed E-state index contributed by atoms with van der Waals surface area (Å²) in [6.07, 6.45) is 2.44. The lowest BCUT2D eigenvalue weighted by Gasteiger charge is -2.27. The molecule has 1 unspecified atom stereocenters. The van der Waals surface area contributed by atoms with Crippen molar-refractivity contribution in [1.29, 1.82) is 0 Å². The molecular weight excluding hydrogens is 228 g/mol. The van der Waals surface area contributed by atoms with Gasteiger partial charge in [0.1, 0.15) is 12.3 Å². The number of amides is 1. The zero-order valence-corrected chi connectivity index (χ0v) is 11.1. The van der Waals surface area contributed by atoms with Crippen LogP contribution in [0.2, 0.25) is 0 Å². The summed E-state index contributed by atoms with van der Waals surface area (Å²) < 4.78 is 0. The fourth-order valence-corrected chi connectivity index (χ4v) is 1.99. The minimum absolute atomic E-state index is 0.309. The molecule has 0 aromatic heterocycles. The van der Waals surface area contributed by atoms with Gasteiger partial charge in [-0.3, -0.25) is 9.59 Å². The lowest BCUT2D eigenvalue weighted by Crippen LogP contribution is -2.42. The molecule has 0 saturated heterocycles. The molecule has 0 aliphatic carbocycles. The second-order valence-electron chi connectivity index (χ2n) is 4.48. The second kappa shape index (κ2) is 6.19. The molecule has 0 radical (unpaired) electrons. The summed E-state index contributed by atoms with van der Waals surface area (Å²) in [6.45, 7) is 3.89. The van der Waals surface area contributed by atoms with E-state index in [1.165, 1.54) is 0 Å². The SMILES string of the molecule is CCCC(C(N)=O)N(C)c1ccc(C=O)c(C)c1. The first-order chi connectivity index (χ1) is 8.51. The molecule has 0 aliphatic heterocycles. The molecule has 1 atom stereocenters. The number of carbonyl (C=O) groups is 2. The van der Waals surface area contributed by atoms with E-state index in [9.17, 15) is 9.59 Å². The highest BCUT2D eigenvalue weighted by Crippen LogP contribution is 2.20. The summed E-state index contributed by atoms with van der Waals surface area (Å²) >= 11 is 0. The van der Waals surface area contributed by atoms with Gasteiger partial charge in [-0.25, -0.2) is 0 Å². The molecule has 0 heterocycles. The number of benzene rings is 1. The van der Waals surface area contributed by atoms with Gasteiger partial charge in [0.15, 0.2) is 0 Å². The van der Waals surface area contributed by atoms with E-state index >= 15 is 0 Å². The van der Waals surface area contributed by atoms with Crippen LogP contribution in [0.15, 0.2) is 18.2 Å². The highest BCUT2D eigenvalue weighted by molar-refractivity contribution is 5.84. The molecule has 4 nitrogen and oxygen atoms in total. The maximum atomic E-state index is 11.4. The molecular formula is C14H20N2O2. The summed E-state index contributed by atoms with van der Waals surface area (Å²) in [4.78, 5) is 24.1. The van der Waals surface area contributed by atoms with E-state index in [1.807, 2.05) is 37.9 Å². The number of hydrogen-bond donors (Lipinski definition) is 1. The van der Waals surface area contributed by atoms with Gasteiger partial charge in [-0.1, -0.05) is 13.3 Å². The molecule has 2 N–H and O–H groups in total. The van der Waals surface area contributed by atoms with Crippen molar-refractivity contribution in [1.82, 2.24) is 0 Å². The Morgan fingerprint density at radius 1 is 1.50 bits per heavy atom. The normalized spacial score (nSPS) is 11.9. The molecule has 0 spiro atoms. The topological polar surface area (TPSA) is 63.4 Å². The Kier molecular flexibility index (Phi) is 4.89. The molecule has 0 fully saturated rings. The van der Waals surface area contributed by atoms with Crippen LogP contribution >= 0.6 is 0 Å². The van der Waals surface area contributed by atoms with Crippen LogP contribution in [-0.2, 0) is 4.79 Å². The first-order valence-electron chi connectivity index (χ1n) is 6.09. The van der Waals surface area contributed by atoms with Crippen LogP contribution in [0.1, 0.15) is 35.7 Å². The van der Waals surface area contributed by atoms with E-state index in [0.29, 0.717) is 5.56 Å². The third kappa shape index (κ3) is 3.09. The monoisotopic (exact) mass is 248 g/mol. The average molecular weight is 248 g/mol. The van der Waals surface area contributed by atoms with Crippen LogP contribution < -0.4 is 10.6 Å². The van der Waals surface area contributed by atoms with Gasteiger partial charge < -0.3 is 10.6 Å². The molecule has 0 bridgehead atoms. The highest BCUT2D eigenvalue weighted by atomic mass is 16.1. The molecule has 1 aromatic rings. The van der Waals surface area contributed by atoms with Crippen molar-refractivity contribution in [2.75, 3.05) is 11.9 Å². The number of anilines is 1. The molecule has 1 rings (SSSR count). The maximum absolute atomic E-state index is 11.4. The Hall–Kier alpha value is -1.84. The molecule has 98 valence electrons. The molecule has 0 saturated carbocycles. The smallest absolute Gasteiger partial charge is 0.240 e. The minimum Gasteiger partial charge on any atom is -0.368 e. The number of carbonyl (C=O) groups excluding carboxylic acids is 2. The Labute approximate surface area is 108 Å². The number of likely N-dealkylation sites (N-methyl/N-ethyl adjacent to an activating group) is 1. The minimum atomic E-state index is -0.323. The van der Waals surface area contributed by atoms with Gasteiger partial charge in [0.2, 0.25) is 5.91 Å². The summed E-state index contributed by atoms with van der Waals surface area (Å²) in [5, 5.41) is 0. The fourth-order valence-electron chi connectivity index (χ4n) is 1.99. The van der Waals surface area contributed by atoms with Crippen LogP contribution in [0, 0.1) is 6.92 Å². The van der Waals surface area contributed by atoms with Gasteiger partial charge in [0.05, 0.1) is 0 Å². The standard InChI is InChI=1S/C14H20N2O2/c1-4-5-13(14(15)18)16(3)12-7-6-11(9-17)10(2)8-12/h6-9,13H,4-5H2,1-3H3,(H2,15,18). The molecule has 1 amide bonds. The lowest BCUT2D eigenvalue weighted by molar-refractivity contribution is -0.119. The van der Waals surface area contributed by atoms with Crippen LogP contribution in [-0.4, -0.2) is 25.3 Å². The van der Waals surface area contributed by atoms with Crippen molar-refractivity contribution >= 4 is 17.9 Å². The Morgan fingerprint density at radius 2 is 2.17 bits per heavy atom. The van der Waals surface area contributed by atoms with E-state index in [2.05, 4.69) is 0 Å². The van der Waals surface area contributed by atoms with Crippen LogP contribution in [0.5, 0.6) is 0 Å². The van der Waals surface area contributed by atoms with E-state index in [0.717, 1.165) is 30.4 Å². The molecule has 18 heavy (non-hydrogen) atoms. The largest absolute Gasteiger partial charge is 0.368 e. The van der Waals surface area contributed by atoms with Gasteiger partial charge in [-0.15, -0.1) is 0 Å². The first kappa shape index (κ1) is 14.2. The van der Waals surface area contributed by atoms with Crippen molar-refractivity contribution in [2.24, 2.45) is 5.73 Å². The van der Waals surface area contributed by atoms with Crippen molar-refractivity contribution in [3.8, 4) is 0 Å². The van der Waals surface area contributed by atoms with E-state index in [1.54, 1.807) is 6.07 Å². The number of aryl methyl sites for hydroxylation is 1. The lowest BCUT2D eigenvalue weighted by atomic mass is 10.1. The van der Waals surface area contributed by atoms with Crippen LogP contribution in [0.3, 0.4) is 0 Å². The summed E-state index contributed by atoms with van der Waals surface area (Å²) in [7, 11) is 1.85. The fraction of sp³-hybridized carbons (Fsp3) is 0.429. The highest BCUT2D eigenvalue weighted by Gasteiger charge is 2.20. The van der Waals surface area contributed by atoms with Gasteiger partial charge in [0, 0.05) is 18.3 Å². The zero-order chi connectivity index (χ0) is 13.7. The molecule has 4 heteroatoms. The van der Waals surface area contributed by atoms with E-state index < -0.39 is 0 Å². The van der Waals surface area contributed by atoms with Gasteiger partial charge >= 0.3 is 0 Å². The van der Waals surface area contributed by atoms with Gasteiger partial charge in [0.25, 0.3) is 0 Å². The summed E-state index contributed by atoms with van der Waals surface area (Å²) in [5.74, 6) is -0.323. The number of nitrogens with two attached hydrogens (primary N) is 1. The van der Waals surface area contributed by atoms with Crippen molar-refractivity contribution in [3.05, 3.63) is 29.3 Å². The number of hydrogen-bond acceptors (Lipinski definition) is 3. The molecule has 0 aliphatic rings. The predicted octanol–water partition coefficient (Wildman–Crippen LogP) is 1.90. The molecule has 1 aromatic carbocycles. The average Bonchev–Trinajstić information content (AvgIpc) is 2.34. The van der Waals surface area contributed by atoms with Gasteiger partial charge in [-0.2, -0.15) is 0 Å². The number of aldehydes is 1. The third-order valence-corrected chi connectivity index (χ3v) is 3.15. The second-order valence-corrected chi connectivity index (χ2v) is 4.48. The summed E-state index contributed by atoms with van der Waals surface area (Å²) in [5.41, 5.74) is 7.88.